The Bertz CT molecular complexity index is 950. The van der Waals surface area contributed by atoms with Gasteiger partial charge in [-0.2, -0.15) is 0 Å². The second-order valence-electron chi connectivity index (χ2n) is 5.55. The predicted molar refractivity (Wildman–Crippen MR) is 104 cm³/mol. The summed E-state index contributed by atoms with van der Waals surface area (Å²) in [5, 5.41) is 11.1. The molecule has 0 saturated carbocycles. The first kappa shape index (κ1) is 18.7. The number of amides is 3. The minimum absolute atomic E-state index is 0.272. The molecule has 10 nitrogen and oxygen atoms in total. The lowest BCUT2D eigenvalue weighted by Gasteiger charge is -2.13. The van der Waals surface area contributed by atoms with Gasteiger partial charge >= 0.3 is 6.03 Å². The Balaban J connectivity index is 1.88. The van der Waals surface area contributed by atoms with E-state index in [2.05, 4.69) is 41.2 Å². The van der Waals surface area contributed by atoms with Crippen molar-refractivity contribution < 1.29 is 9.59 Å². The molecule has 3 heterocycles. The predicted octanol–water partition coefficient (Wildman–Crippen LogP) is 2.40. The second-order valence-corrected chi connectivity index (χ2v) is 5.55. The molecule has 0 aliphatic carbocycles. The molecule has 0 spiro atoms. The molecular weight excluding hydrogens is 360 g/mol. The van der Waals surface area contributed by atoms with Crippen LogP contribution in [0, 0.1) is 0 Å². The van der Waals surface area contributed by atoms with Gasteiger partial charge < -0.3 is 16.0 Å². The van der Waals surface area contributed by atoms with E-state index >= 15 is 0 Å². The van der Waals surface area contributed by atoms with Crippen molar-refractivity contribution in [3.8, 4) is 0 Å². The van der Waals surface area contributed by atoms with Crippen LogP contribution in [0.1, 0.15) is 17.3 Å². The van der Waals surface area contributed by atoms with Gasteiger partial charge in [0.05, 0.1) is 41.2 Å². The van der Waals surface area contributed by atoms with Crippen molar-refractivity contribution in [2.24, 2.45) is 0 Å². The number of anilines is 4. The molecule has 3 aromatic heterocycles. The second kappa shape index (κ2) is 9.03. The van der Waals surface area contributed by atoms with Crippen LogP contribution in [0.2, 0.25) is 0 Å². The number of carbonyl (C=O) groups is 2. The van der Waals surface area contributed by atoms with E-state index in [0.29, 0.717) is 23.6 Å². The van der Waals surface area contributed by atoms with Crippen LogP contribution in [0.15, 0.2) is 55.5 Å². The lowest BCUT2D eigenvalue weighted by Crippen LogP contribution is -2.28. The average Bonchev–Trinajstić information content (AvgIpc) is 2.70. The summed E-state index contributed by atoms with van der Waals surface area (Å²) in [5.41, 5.74) is 1.83. The van der Waals surface area contributed by atoms with E-state index < -0.39 is 6.03 Å². The SMILES string of the molecule is CCNC(=O)Nc1cc(Nc2cncnc2)c(C(=O)Nc2cccnc2)cn1. The number of pyridine rings is 2. The molecule has 142 valence electrons. The maximum absolute atomic E-state index is 12.7. The summed E-state index contributed by atoms with van der Waals surface area (Å²) in [4.78, 5) is 40.5. The Labute approximate surface area is 160 Å². The molecule has 0 fully saturated rings. The van der Waals surface area contributed by atoms with E-state index in [1.54, 1.807) is 43.7 Å². The first-order valence-electron chi connectivity index (χ1n) is 8.44. The highest BCUT2D eigenvalue weighted by molar-refractivity contribution is 6.08. The van der Waals surface area contributed by atoms with Crippen molar-refractivity contribution in [3.05, 3.63) is 61.1 Å². The van der Waals surface area contributed by atoms with Gasteiger partial charge in [-0.3, -0.25) is 15.1 Å². The number of hydrogen-bond acceptors (Lipinski definition) is 7. The monoisotopic (exact) mass is 378 g/mol. The number of nitrogens with one attached hydrogen (secondary N) is 4. The third kappa shape index (κ3) is 4.97. The molecule has 0 aromatic carbocycles. The molecule has 0 atom stereocenters. The summed E-state index contributed by atoms with van der Waals surface area (Å²) in [7, 11) is 0. The summed E-state index contributed by atoms with van der Waals surface area (Å²) in [5.74, 6) is -0.104. The summed E-state index contributed by atoms with van der Waals surface area (Å²) in [6.45, 7) is 2.28. The number of rotatable bonds is 6. The van der Waals surface area contributed by atoms with E-state index in [-0.39, 0.29) is 17.3 Å². The molecule has 3 rings (SSSR count). The minimum Gasteiger partial charge on any atom is -0.352 e. The van der Waals surface area contributed by atoms with Gasteiger partial charge in [-0.25, -0.2) is 19.7 Å². The smallest absolute Gasteiger partial charge is 0.320 e. The zero-order valence-electron chi connectivity index (χ0n) is 15.0. The molecule has 0 saturated heterocycles. The summed E-state index contributed by atoms with van der Waals surface area (Å²) >= 11 is 0. The van der Waals surface area contributed by atoms with Crippen molar-refractivity contribution in [2.45, 2.75) is 6.92 Å². The van der Waals surface area contributed by atoms with Gasteiger partial charge in [-0.15, -0.1) is 0 Å². The van der Waals surface area contributed by atoms with E-state index in [1.165, 1.54) is 18.7 Å². The molecule has 0 aliphatic rings. The largest absolute Gasteiger partial charge is 0.352 e. The number of aromatic nitrogens is 4. The van der Waals surface area contributed by atoms with Crippen LogP contribution in [0.25, 0.3) is 0 Å². The highest BCUT2D eigenvalue weighted by Gasteiger charge is 2.15. The van der Waals surface area contributed by atoms with Crippen molar-refractivity contribution in [3.63, 3.8) is 0 Å². The fourth-order valence-electron chi connectivity index (χ4n) is 2.28. The van der Waals surface area contributed by atoms with Gasteiger partial charge in [-0.05, 0) is 19.1 Å². The summed E-state index contributed by atoms with van der Waals surface area (Å²) < 4.78 is 0. The molecule has 10 heteroatoms. The molecular formula is C18H18N8O2. The standard InChI is InChI=1S/C18H18N8O2/c1-2-22-18(28)26-16-6-15(24-13-8-20-11-21-9-13)14(10-23-16)17(27)25-12-4-3-5-19-7-12/h3-11H,2H2,1H3,(H,25,27)(H3,22,23,24,26,28). The molecule has 4 N–H and O–H groups in total. The molecule has 28 heavy (non-hydrogen) atoms. The van der Waals surface area contributed by atoms with Crippen LogP contribution >= 0.6 is 0 Å². The normalized spacial score (nSPS) is 10.0. The lowest BCUT2D eigenvalue weighted by atomic mass is 10.2. The van der Waals surface area contributed by atoms with Gasteiger partial charge in [0.15, 0.2) is 0 Å². The molecule has 3 amide bonds. The van der Waals surface area contributed by atoms with Crippen LogP contribution in [0.5, 0.6) is 0 Å². The van der Waals surface area contributed by atoms with Crippen molar-refractivity contribution in [1.29, 1.82) is 0 Å². The maximum atomic E-state index is 12.7. The Morgan fingerprint density at radius 3 is 2.50 bits per heavy atom. The van der Waals surface area contributed by atoms with Crippen molar-refractivity contribution in [1.82, 2.24) is 25.3 Å². The van der Waals surface area contributed by atoms with E-state index in [9.17, 15) is 9.59 Å². The quantitative estimate of drug-likeness (QED) is 0.517. The lowest BCUT2D eigenvalue weighted by molar-refractivity contribution is 0.102. The maximum Gasteiger partial charge on any atom is 0.320 e. The zero-order chi connectivity index (χ0) is 19.8. The first-order chi connectivity index (χ1) is 13.7. The number of carbonyl (C=O) groups excluding carboxylic acids is 2. The molecule has 3 aromatic rings. The van der Waals surface area contributed by atoms with E-state index in [0.717, 1.165) is 0 Å². The Hall–Kier alpha value is -4.08. The fraction of sp³-hybridized carbons (Fsp3) is 0.111. The number of urea groups is 1. The highest BCUT2D eigenvalue weighted by Crippen LogP contribution is 2.23. The van der Waals surface area contributed by atoms with Gasteiger partial charge in [0.1, 0.15) is 12.1 Å². The number of nitrogens with zero attached hydrogens (tertiary/aromatic N) is 4. The Morgan fingerprint density at radius 1 is 1.00 bits per heavy atom. The van der Waals surface area contributed by atoms with Crippen LogP contribution in [-0.2, 0) is 0 Å². The van der Waals surface area contributed by atoms with Crippen LogP contribution in [-0.4, -0.2) is 38.4 Å². The Kier molecular flexibility index (Phi) is 6.03. The summed E-state index contributed by atoms with van der Waals surface area (Å²) in [6.07, 6.45) is 9.05. The third-order valence-electron chi connectivity index (χ3n) is 3.49. The van der Waals surface area contributed by atoms with Crippen LogP contribution < -0.4 is 21.3 Å². The molecule has 0 radical (unpaired) electrons. The van der Waals surface area contributed by atoms with Crippen LogP contribution in [0.4, 0.5) is 27.7 Å². The van der Waals surface area contributed by atoms with Crippen molar-refractivity contribution >= 4 is 34.8 Å². The third-order valence-corrected chi connectivity index (χ3v) is 3.49. The molecule has 0 bridgehead atoms. The van der Waals surface area contributed by atoms with Crippen LogP contribution in [0.3, 0.4) is 0 Å². The van der Waals surface area contributed by atoms with E-state index in [4.69, 9.17) is 0 Å². The topological polar surface area (TPSA) is 134 Å². The average molecular weight is 378 g/mol. The summed E-state index contributed by atoms with van der Waals surface area (Å²) in [6, 6.07) is 4.60. The minimum atomic E-state index is -0.392. The fourth-order valence-corrected chi connectivity index (χ4v) is 2.28. The van der Waals surface area contributed by atoms with Crippen molar-refractivity contribution in [2.75, 3.05) is 22.5 Å². The first-order valence-corrected chi connectivity index (χ1v) is 8.44. The highest BCUT2D eigenvalue weighted by atomic mass is 16.2. The molecule has 0 unspecified atom stereocenters. The van der Waals surface area contributed by atoms with Gasteiger partial charge in [0, 0.05) is 25.0 Å². The van der Waals surface area contributed by atoms with Gasteiger partial charge in [0.25, 0.3) is 5.91 Å². The Morgan fingerprint density at radius 2 is 1.79 bits per heavy atom. The van der Waals surface area contributed by atoms with E-state index in [1.807, 2.05) is 0 Å². The number of hydrogen-bond donors (Lipinski definition) is 4. The molecule has 0 aliphatic heterocycles. The van der Waals surface area contributed by atoms with Gasteiger partial charge in [0.2, 0.25) is 0 Å². The zero-order valence-corrected chi connectivity index (χ0v) is 15.0. The van der Waals surface area contributed by atoms with Gasteiger partial charge in [-0.1, -0.05) is 0 Å².